The lowest BCUT2D eigenvalue weighted by molar-refractivity contribution is -0.226. The fraction of sp³-hybridized carbons (Fsp3) is 0.909. The number of likely N-dealkylation sites (N-methyl/N-ethyl adjacent to an activating group) is 1. The molecule has 3 unspecified atom stereocenters. The van der Waals surface area contributed by atoms with E-state index < -0.39 is 29.8 Å². The molecule has 1 fully saturated rings. The van der Waals surface area contributed by atoms with Gasteiger partial charge in [0.25, 0.3) is 0 Å². The van der Waals surface area contributed by atoms with E-state index >= 15 is 0 Å². The van der Waals surface area contributed by atoms with Crippen LogP contribution in [-0.4, -0.2) is 36.4 Å². The number of carbonyl (C=O) groups excluding carboxylic acids is 1. The number of hydrogen-bond donors (Lipinski definition) is 2. The zero-order chi connectivity index (χ0) is 14.0. The smallest absolute Gasteiger partial charge is 0.368 e. The lowest BCUT2D eigenvalue weighted by Crippen LogP contribution is -2.54. The Balaban J connectivity index is 2.62. The summed E-state index contributed by atoms with van der Waals surface area (Å²) >= 11 is 0. The number of rotatable bonds is 5. The minimum atomic E-state index is -4.38. The zero-order valence-electron chi connectivity index (χ0n) is 10.5. The first-order valence-corrected chi connectivity index (χ1v) is 5.98. The summed E-state index contributed by atoms with van der Waals surface area (Å²) in [5, 5.41) is 2.96. The summed E-state index contributed by atoms with van der Waals surface area (Å²) in [6.07, 6.45) is -5.80. The van der Waals surface area contributed by atoms with Crippen molar-refractivity contribution in [3.8, 4) is 0 Å². The summed E-state index contributed by atoms with van der Waals surface area (Å²) in [5.41, 5.74) is 4.39. The minimum Gasteiger partial charge on any atom is -0.368 e. The monoisotopic (exact) mass is 268 g/mol. The number of amides is 1. The van der Waals surface area contributed by atoms with E-state index in [4.69, 9.17) is 10.5 Å². The molecule has 0 aromatic rings. The van der Waals surface area contributed by atoms with Gasteiger partial charge in [0.1, 0.15) is 5.54 Å². The SMILES string of the molecule is CCNC1(C(N)=O)CCC(OC(C)C(F)(F)F)C1. The van der Waals surface area contributed by atoms with Gasteiger partial charge in [-0.05, 0) is 26.3 Å². The van der Waals surface area contributed by atoms with Gasteiger partial charge in [-0.3, -0.25) is 4.79 Å². The second-order valence-corrected chi connectivity index (χ2v) is 4.66. The Kier molecular flexibility index (Phi) is 4.61. The number of hydrogen-bond acceptors (Lipinski definition) is 3. The normalized spacial score (nSPS) is 30.4. The predicted octanol–water partition coefficient (Wildman–Crippen LogP) is 1.34. The molecule has 1 saturated carbocycles. The fourth-order valence-electron chi connectivity index (χ4n) is 2.29. The van der Waals surface area contributed by atoms with Crippen LogP contribution in [0.15, 0.2) is 0 Å². The van der Waals surface area contributed by atoms with Gasteiger partial charge >= 0.3 is 6.18 Å². The molecule has 7 heteroatoms. The van der Waals surface area contributed by atoms with Crippen LogP contribution in [0.25, 0.3) is 0 Å². The van der Waals surface area contributed by atoms with Crippen LogP contribution in [0, 0.1) is 0 Å². The van der Waals surface area contributed by atoms with Crippen LogP contribution < -0.4 is 11.1 Å². The van der Waals surface area contributed by atoms with Crippen molar-refractivity contribution < 1.29 is 22.7 Å². The maximum absolute atomic E-state index is 12.4. The van der Waals surface area contributed by atoms with Gasteiger partial charge in [0.2, 0.25) is 5.91 Å². The fourth-order valence-corrected chi connectivity index (χ4v) is 2.29. The van der Waals surface area contributed by atoms with Crippen LogP contribution >= 0.6 is 0 Å². The van der Waals surface area contributed by atoms with Crippen LogP contribution in [0.4, 0.5) is 13.2 Å². The average molecular weight is 268 g/mol. The Morgan fingerprint density at radius 3 is 2.67 bits per heavy atom. The van der Waals surface area contributed by atoms with Gasteiger partial charge in [0.05, 0.1) is 6.10 Å². The summed E-state index contributed by atoms with van der Waals surface area (Å²) in [5.74, 6) is -0.532. The number of ether oxygens (including phenoxy) is 1. The van der Waals surface area contributed by atoms with Crippen LogP contribution in [0.3, 0.4) is 0 Å². The first-order valence-electron chi connectivity index (χ1n) is 5.98. The van der Waals surface area contributed by atoms with Crippen molar-refractivity contribution >= 4 is 5.91 Å². The molecule has 18 heavy (non-hydrogen) atoms. The second-order valence-electron chi connectivity index (χ2n) is 4.66. The molecule has 0 aliphatic heterocycles. The Hall–Kier alpha value is -0.820. The summed E-state index contributed by atoms with van der Waals surface area (Å²) in [4.78, 5) is 11.4. The largest absolute Gasteiger partial charge is 0.414 e. The molecule has 1 aliphatic carbocycles. The second kappa shape index (κ2) is 5.44. The van der Waals surface area contributed by atoms with Crippen molar-refractivity contribution in [1.82, 2.24) is 5.32 Å². The van der Waals surface area contributed by atoms with Crippen LogP contribution in [0.5, 0.6) is 0 Å². The van der Waals surface area contributed by atoms with Crippen molar-refractivity contribution in [3.05, 3.63) is 0 Å². The lowest BCUT2D eigenvalue weighted by atomic mass is 9.96. The third kappa shape index (κ3) is 3.35. The number of carbonyl (C=O) groups is 1. The van der Waals surface area contributed by atoms with E-state index in [2.05, 4.69) is 5.32 Å². The predicted molar refractivity (Wildman–Crippen MR) is 59.8 cm³/mol. The molecule has 0 heterocycles. The summed E-state index contributed by atoms with van der Waals surface area (Å²) < 4.78 is 42.1. The molecule has 0 aromatic heterocycles. The molecule has 3 N–H and O–H groups in total. The summed E-state index contributed by atoms with van der Waals surface area (Å²) in [7, 11) is 0. The molecule has 1 aliphatic rings. The number of primary amides is 1. The third-order valence-electron chi connectivity index (χ3n) is 3.31. The topological polar surface area (TPSA) is 64.3 Å². The van der Waals surface area contributed by atoms with Gasteiger partial charge in [-0.15, -0.1) is 0 Å². The molecule has 4 nitrogen and oxygen atoms in total. The van der Waals surface area contributed by atoms with Gasteiger partial charge < -0.3 is 15.8 Å². The van der Waals surface area contributed by atoms with Gasteiger partial charge in [-0.1, -0.05) is 6.92 Å². The lowest BCUT2D eigenvalue weighted by Gasteiger charge is -2.27. The van der Waals surface area contributed by atoms with Crippen molar-refractivity contribution in [2.75, 3.05) is 6.54 Å². The first-order chi connectivity index (χ1) is 8.21. The van der Waals surface area contributed by atoms with Gasteiger partial charge in [0.15, 0.2) is 6.10 Å². The van der Waals surface area contributed by atoms with E-state index in [1.54, 1.807) is 0 Å². The quantitative estimate of drug-likeness (QED) is 0.791. The molecule has 0 aromatic carbocycles. The van der Waals surface area contributed by atoms with E-state index in [1.165, 1.54) is 0 Å². The van der Waals surface area contributed by atoms with E-state index in [0.29, 0.717) is 19.4 Å². The maximum Gasteiger partial charge on any atom is 0.414 e. The van der Waals surface area contributed by atoms with E-state index in [-0.39, 0.29) is 6.42 Å². The minimum absolute atomic E-state index is 0.191. The summed E-state index contributed by atoms with van der Waals surface area (Å²) in [6, 6.07) is 0. The van der Waals surface area contributed by atoms with Crippen molar-refractivity contribution in [2.24, 2.45) is 5.73 Å². The molecule has 3 atom stereocenters. The highest BCUT2D eigenvalue weighted by atomic mass is 19.4. The van der Waals surface area contributed by atoms with Crippen LogP contribution in [0.1, 0.15) is 33.1 Å². The highest BCUT2D eigenvalue weighted by molar-refractivity contribution is 5.85. The molecule has 1 amide bonds. The maximum atomic E-state index is 12.4. The molecule has 0 spiro atoms. The van der Waals surface area contributed by atoms with E-state index in [9.17, 15) is 18.0 Å². The van der Waals surface area contributed by atoms with Gasteiger partial charge in [0, 0.05) is 6.42 Å². The number of alkyl halides is 3. The van der Waals surface area contributed by atoms with Crippen molar-refractivity contribution in [1.29, 1.82) is 0 Å². The van der Waals surface area contributed by atoms with Crippen LogP contribution in [0.2, 0.25) is 0 Å². The molecule has 0 radical (unpaired) electrons. The average Bonchev–Trinajstić information content (AvgIpc) is 2.62. The molecular formula is C11H19F3N2O2. The summed E-state index contributed by atoms with van der Waals surface area (Å²) in [6.45, 7) is 3.32. The highest BCUT2D eigenvalue weighted by Crippen LogP contribution is 2.34. The third-order valence-corrected chi connectivity index (χ3v) is 3.31. The molecular weight excluding hydrogens is 249 g/mol. The van der Waals surface area contributed by atoms with E-state index in [0.717, 1.165) is 6.92 Å². The molecule has 1 rings (SSSR count). The van der Waals surface area contributed by atoms with E-state index in [1.807, 2.05) is 6.92 Å². The van der Waals surface area contributed by atoms with Crippen molar-refractivity contribution in [2.45, 2.75) is 57.0 Å². The zero-order valence-corrected chi connectivity index (χ0v) is 10.5. The Bertz CT molecular complexity index is 309. The van der Waals surface area contributed by atoms with Gasteiger partial charge in [-0.25, -0.2) is 0 Å². The number of nitrogens with one attached hydrogen (secondary N) is 1. The first kappa shape index (κ1) is 15.2. The van der Waals surface area contributed by atoms with Crippen LogP contribution in [-0.2, 0) is 9.53 Å². The van der Waals surface area contributed by atoms with Gasteiger partial charge in [-0.2, -0.15) is 13.2 Å². The van der Waals surface area contributed by atoms with Crippen molar-refractivity contribution in [3.63, 3.8) is 0 Å². The molecule has 0 saturated heterocycles. The Labute approximate surface area is 104 Å². The molecule has 0 bridgehead atoms. The Morgan fingerprint density at radius 1 is 1.61 bits per heavy atom. The standard InChI is InChI=1S/C11H19F3N2O2/c1-3-16-10(9(15)17)5-4-8(6-10)18-7(2)11(12,13)14/h7-8,16H,3-6H2,1-2H3,(H2,15,17). The molecule has 106 valence electrons. The number of nitrogens with two attached hydrogens (primary N) is 1. The Morgan fingerprint density at radius 2 is 2.22 bits per heavy atom. The number of halogens is 3. The highest BCUT2D eigenvalue weighted by Gasteiger charge is 2.46.